The van der Waals surface area contributed by atoms with E-state index in [0.717, 1.165) is 27.5 Å². The van der Waals surface area contributed by atoms with Gasteiger partial charge in [-0.2, -0.15) is 0 Å². The van der Waals surface area contributed by atoms with Gasteiger partial charge in [-0.15, -0.1) is 0 Å². The minimum Gasteiger partial charge on any atom is -0.455 e. The van der Waals surface area contributed by atoms with Gasteiger partial charge in [-0.05, 0) is 102 Å². The third kappa shape index (κ3) is 2.91. The summed E-state index contributed by atoms with van der Waals surface area (Å²) in [4.78, 5) is 0. The zero-order chi connectivity index (χ0) is 30.0. The maximum atomic E-state index is 6.51. The topological polar surface area (TPSA) is 13.1 Å². The Kier molecular flexibility index (Phi) is 4.57. The summed E-state index contributed by atoms with van der Waals surface area (Å²) in [6.07, 6.45) is 0. The summed E-state index contributed by atoms with van der Waals surface area (Å²) < 4.78 is 6.51. The van der Waals surface area contributed by atoms with Crippen LogP contribution >= 0.6 is 0 Å². The maximum absolute atomic E-state index is 6.51. The van der Waals surface area contributed by atoms with Crippen LogP contribution in [0.2, 0.25) is 0 Å². The van der Waals surface area contributed by atoms with Crippen molar-refractivity contribution in [3.8, 4) is 33.4 Å². The van der Waals surface area contributed by atoms with Crippen molar-refractivity contribution in [3.63, 3.8) is 0 Å². The van der Waals surface area contributed by atoms with E-state index in [0.29, 0.717) is 0 Å². The molecule has 11 rings (SSSR count). The quantitative estimate of drug-likeness (QED) is 0.202. The molecule has 1 atom stereocenters. The fourth-order valence-corrected chi connectivity index (χ4v) is 8.71. The summed E-state index contributed by atoms with van der Waals surface area (Å²) in [7, 11) is 0. The van der Waals surface area contributed by atoms with Gasteiger partial charge in [-0.1, -0.05) is 127 Å². The van der Waals surface area contributed by atoms with Crippen molar-refractivity contribution in [2.45, 2.75) is 5.41 Å². The number of para-hydroxylation sites is 2. The Morgan fingerprint density at radius 1 is 0.370 bits per heavy atom. The van der Waals surface area contributed by atoms with Gasteiger partial charge in [-0.25, -0.2) is 0 Å². The summed E-state index contributed by atoms with van der Waals surface area (Å²) in [6, 6.07) is 57.9. The molecule has 0 fully saturated rings. The van der Waals surface area contributed by atoms with Crippen molar-refractivity contribution >= 4 is 43.5 Å². The highest BCUT2D eigenvalue weighted by atomic mass is 16.3. The number of hydrogen-bond acceptors (Lipinski definition) is 1. The Labute approximate surface area is 266 Å². The first-order valence-corrected chi connectivity index (χ1v) is 16.0. The lowest BCUT2D eigenvalue weighted by Gasteiger charge is -2.52. The highest BCUT2D eigenvalue weighted by molar-refractivity contribution is 6.14. The first-order chi connectivity index (χ1) is 22.8. The Bertz CT molecular complexity index is 2750. The molecule has 1 nitrogen and oxygen atoms in total. The van der Waals surface area contributed by atoms with Gasteiger partial charge in [-0.3, -0.25) is 0 Å². The van der Waals surface area contributed by atoms with Crippen LogP contribution < -0.4 is 0 Å². The fourth-order valence-electron chi connectivity index (χ4n) is 8.71. The third-order valence-electron chi connectivity index (χ3n) is 10.6. The van der Waals surface area contributed by atoms with Crippen LogP contribution in [0.3, 0.4) is 0 Å². The summed E-state index contributed by atoms with van der Waals surface area (Å²) in [6.45, 7) is 0. The molecule has 0 saturated carbocycles. The molecule has 212 valence electrons. The molecule has 0 amide bonds. The van der Waals surface area contributed by atoms with E-state index in [1.54, 1.807) is 0 Å². The first-order valence-electron chi connectivity index (χ1n) is 16.0. The zero-order valence-electron chi connectivity index (χ0n) is 24.9. The Morgan fingerprint density at radius 2 is 0.913 bits per heavy atom. The fraction of sp³-hybridized carbons (Fsp3) is 0.0222. The lowest BCUT2D eigenvalue weighted by Crippen LogP contribution is -2.43. The van der Waals surface area contributed by atoms with Gasteiger partial charge < -0.3 is 4.42 Å². The molecular weight excluding hydrogens is 556 g/mol. The largest absolute Gasteiger partial charge is 0.455 e. The average Bonchev–Trinajstić information content (AvgIpc) is 3.49. The van der Waals surface area contributed by atoms with Gasteiger partial charge >= 0.3 is 0 Å². The molecule has 1 aromatic heterocycles. The van der Waals surface area contributed by atoms with E-state index in [4.69, 9.17) is 4.42 Å². The Morgan fingerprint density at radius 3 is 1.63 bits per heavy atom. The molecule has 1 spiro atoms. The van der Waals surface area contributed by atoms with Gasteiger partial charge in [0.15, 0.2) is 0 Å². The molecule has 1 heteroatoms. The second-order valence-electron chi connectivity index (χ2n) is 12.8. The van der Waals surface area contributed by atoms with E-state index in [-0.39, 0.29) is 5.41 Å². The second-order valence-corrected chi connectivity index (χ2v) is 12.8. The first kappa shape index (κ1) is 24.4. The van der Waals surface area contributed by atoms with Crippen LogP contribution in [0.5, 0.6) is 0 Å². The SMILES string of the molecule is c1ccc(-c2ccccc2-c2cc3c4c(cccc4c2)C32c3cccc4cc(-c5cccc6c5oc5ccccc56)cc2c34)cc1. The zero-order valence-corrected chi connectivity index (χ0v) is 24.9. The summed E-state index contributed by atoms with van der Waals surface area (Å²) in [5.74, 6) is 0. The summed E-state index contributed by atoms with van der Waals surface area (Å²) >= 11 is 0. The highest BCUT2D eigenvalue weighted by Crippen LogP contribution is 2.66. The summed E-state index contributed by atoms with van der Waals surface area (Å²) in [5, 5.41) is 7.71. The van der Waals surface area contributed by atoms with Crippen molar-refractivity contribution in [1.29, 1.82) is 0 Å². The van der Waals surface area contributed by atoms with E-state index in [1.807, 2.05) is 6.07 Å². The number of benzene rings is 8. The van der Waals surface area contributed by atoms with Crippen LogP contribution in [0.25, 0.3) is 76.9 Å². The smallest absolute Gasteiger partial charge is 0.143 e. The van der Waals surface area contributed by atoms with Crippen LogP contribution in [-0.4, -0.2) is 0 Å². The number of fused-ring (bicyclic) bond motifs is 7. The molecule has 8 aromatic carbocycles. The van der Waals surface area contributed by atoms with Gasteiger partial charge in [0.2, 0.25) is 0 Å². The molecule has 46 heavy (non-hydrogen) atoms. The van der Waals surface area contributed by atoms with E-state index in [1.165, 1.54) is 71.6 Å². The van der Waals surface area contributed by atoms with Gasteiger partial charge in [0.25, 0.3) is 0 Å². The van der Waals surface area contributed by atoms with E-state index >= 15 is 0 Å². The molecule has 0 N–H and O–H groups in total. The van der Waals surface area contributed by atoms with Gasteiger partial charge in [0, 0.05) is 16.3 Å². The van der Waals surface area contributed by atoms with Crippen molar-refractivity contribution in [2.75, 3.05) is 0 Å². The molecule has 9 aromatic rings. The van der Waals surface area contributed by atoms with Gasteiger partial charge in [0.1, 0.15) is 11.2 Å². The van der Waals surface area contributed by atoms with Crippen LogP contribution in [-0.2, 0) is 5.41 Å². The maximum Gasteiger partial charge on any atom is 0.143 e. The summed E-state index contributed by atoms with van der Waals surface area (Å²) in [5.41, 5.74) is 14.7. The minimum absolute atomic E-state index is 0.237. The standard InChI is InChI=1S/C45H26O/c1-2-11-27(12-3-1)32-15-4-5-16-33(32)30-23-28-13-8-20-37-42(28)39(25-30)45(37)38-21-9-14-29-24-31(26-40(45)43(29)38)34-18-10-19-36-35-17-6-7-22-41(35)46-44(34)36/h1-26H. The molecule has 0 bridgehead atoms. The number of hydrogen-bond donors (Lipinski definition) is 0. The Balaban J connectivity index is 1.16. The number of rotatable bonds is 3. The van der Waals surface area contributed by atoms with Crippen LogP contribution in [0.1, 0.15) is 22.3 Å². The average molecular weight is 583 g/mol. The second kappa shape index (κ2) is 8.62. The van der Waals surface area contributed by atoms with E-state index in [9.17, 15) is 0 Å². The van der Waals surface area contributed by atoms with Crippen LogP contribution in [0.15, 0.2) is 162 Å². The van der Waals surface area contributed by atoms with Crippen molar-refractivity contribution in [3.05, 3.63) is 180 Å². The highest BCUT2D eigenvalue weighted by Gasteiger charge is 2.55. The minimum atomic E-state index is -0.237. The van der Waals surface area contributed by atoms with Crippen LogP contribution in [0.4, 0.5) is 0 Å². The van der Waals surface area contributed by atoms with Gasteiger partial charge in [0.05, 0.1) is 5.41 Å². The van der Waals surface area contributed by atoms with Crippen molar-refractivity contribution < 1.29 is 4.42 Å². The lowest BCUT2D eigenvalue weighted by atomic mass is 9.49. The normalized spacial score (nSPS) is 15.9. The Hall–Kier alpha value is -5.92. The molecule has 1 heterocycles. The molecule has 2 aliphatic carbocycles. The molecule has 1 unspecified atom stereocenters. The van der Waals surface area contributed by atoms with Crippen molar-refractivity contribution in [2.24, 2.45) is 0 Å². The number of furan rings is 1. The lowest BCUT2D eigenvalue weighted by molar-refractivity contribution is 0.670. The predicted octanol–water partition coefficient (Wildman–Crippen LogP) is 11.9. The monoisotopic (exact) mass is 582 g/mol. The predicted molar refractivity (Wildman–Crippen MR) is 190 cm³/mol. The molecule has 2 aliphatic rings. The van der Waals surface area contributed by atoms with E-state index in [2.05, 4.69) is 152 Å². The van der Waals surface area contributed by atoms with E-state index < -0.39 is 0 Å². The molecule has 0 radical (unpaired) electrons. The molecule has 0 saturated heterocycles. The molecule has 0 aliphatic heterocycles. The molecular formula is C45H26O. The van der Waals surface area contributed by atoms with Crippen molar-refractivity contribution in [1.82, 2.24) is 0 Å². The third-order valence-corrected chi connectivity index (χ3v) is 10.6. The van der Waals surface area contributed by atoms with Crippen LogP contribution in [0, 0.1) is 0 Å².